The van der Waals surface area contributed by atoms with Crippen LogP contribution in [0.1, 0.15) is 11.1 Å². The average Bonchev–Trinajstić information content (AvgIpc) is 2.56. The van der Waals surface area contributed by atoms with Gasteiger partial charge in [-0.2, -0.15) is 10.1 Å². The van der Waals surface area contributed by atoms with Crippen molar-refractivity contribution in [3.05, 3.63) is 65.4 Å². The summed E-state index contributed by atoms with van der Waals surface area (Å²) in [6.07, 6.45) is 1.29. The van der Waals surface area contributed by atoms with Crippen molar-refractivity contribution in [1.82, 2.24) is 15.2 Å². The van der Waals surface area contributed by atoms with E-state index in [9.17, 15) is 8.78 Å². The van der Waals surface area contributed by atoms with Crippen LogP contribution in [0.25, 0.3) is 0 Å². The van der Waals surface area contributed by atoms with Crippen molar-refractivity contribution in [3.8, 4) is 0 Å². The molecule has 0 saturated heterocycles. The molecule has 0 bridgehead atoms. The first kappa shape index (κ1) is 15.8. The molecule has 0 aliphatic rings. The van der Waals surface area contributed by atoms with Gasteiger partial charge in [0, 0.05) is 5.69 Å². The Kier molecular flexibility index (Phi) is 4.33. The van der Waals surface area contributed by atoms with Gasteiger partial charge in [-0.15, -0.1) is 5.10 Å². The van der Waals surface area contributed by atoms with Gasteiger partial charge in [0.25, 0.3) is 0 Å². The molecule has 5 nitrogen and oxygen atoms in total. The second kappa shape index (κ2) is 6.57. The molecule has 0 saturated carbocycles. The number of benzene rings is 2. The molecule has 0 amide bonds. The van der Waals surface area contributed by atoms with E-state index < -0.39 is 11.6 Å². The number of hydrogen-bond acceptors (Lipinski definition) is 5. The molecule has 2 N–H and O–H groups in total. The maximum Gasteiger partial charge on any atom is 0.249 e. The van der Waals surface area contributed by atoms with Crippen LogP contribution in [0.15, 0.2) is 42.6 Å². The van der Waals surface area contributed by atoms with Crippen LogP contribution in [-0.4, -0.2) is 15.2 Å². The van der Waals surface area contributed by atoms with Crippen LogP contribution in [0, 0.1) is 25.5 Å². The van der Waals surface area contributed by atoms with Crippen LogP contribution in [-0.2, 0) is 0 Å². The summed E-state index contributed by atoms with van der Waals surface area (Å²) in [5, 5.41) is 13.3. The lowest BCUT2D eigenvalue weighted by Crippen LogP contribution is -2.05. The Morgan fingerprint density at radius 2 is 1.62 bits per heavy atom. The third-order valence-corrected chi connectivity index (χ3v) is 3.63. The summed E-state index contributed by atoms with van der Waals surface area (Å²) < 4.78 is 27.4. The van der Waals surface area contributed by atoms with Crippen molar-refractivity contribution in [3.63, 3.8) is 0 Å². The topological polar surface area (TPSA) is 62.7 Å². The van der Waals surface area contributed by atoms with Crippen LogP contribution in [0.3, 0.4) is 0 Å². The average molecular weight is 327 g/mol. The Bertz CT molecular complexity index is 862. The van der Waals surface area contributed by atoms with E-state index >= 15 is 0 Å². The Morgan fingerprint density at radius 1 is 0.917 bits per heavy atom. The molecule has 0 fully saturated rings. The van der Waals surface area contributed by atoms with Crippen LogP contribution < -0.4 is 10.6 Å². The normalized spacial score (nSPS) is 10.5. The second-order valence-electron chi connectivity index (χ2n) is 5.26. The standard InChI is InChI=1S/C17H15F2N5/c1-10-5-3-8-14(11(10)2)21-17-23-15(9-20-24-17)22-16-12(18)6-4-7-13(16)19/h3-9H,1-2H3,(H2,21,22,23,24). The fourth-order valence-corrected chi connectivity index (χ4v) is 2.17. The Hall–Kier alpha value is -3.09. The lowest BCUT2D eigenvalue weighted by molar-refractivity contribution is 0.590. The fraction of sp³-hybridized carbons (Fsp3) is 0.118. The number of rotatable bonds is 4. The minimum atomic E-state index is -0.711. The van der Waals surface area contributed by atoms with Crippen molar-refractivity contribution in [1.29, 1.82) is 0 Å². The predicted molar refractivity (Wildman–Crippen MR) is 88.7 cm³/mol. The van der Waals surface area contributed by atoms with Crippen LogP contribution >= 0.6 is 0 Å². The molecular formula is C17H15F2N5. The molecule has 1 aromatic heterocycles. The van der Waals surface area contributed by atoms with Gasteiger partial charge in [0.15, 0.2) is 5.82 Å². The largest absolute Gasteiger partial charge is 0.334 e. The molecule has 1 heterocycles. The lowest BCUT2D eigenvalue weighted by Gasteiger charge is -2.11. The number of nitrogens with one attached hydrogen (secondary N) is 2. The fourth-order valence-electron chi connectivity index (χ4n) is 2.17. The smallest absolute Gasteiger partial charge is 0.249 e. The van der Waals surface area contributed by atoms with Crippen molar-refractivity contribution >= 4 is 23.1 Å². The molecule has 0 unspecified atom stereocenters. The first-order valence-electron chi connectivity index (χ1n) is 7.28. The van der Waals surface area contributed by atoms with Gasteiger partial charge in [-0.05, 0) is 43.2 Å². The third kappa shape index (κ3) is 3.29. The van der Waals surface area contributed by atoms with E-state index in [0.717, 1.165) is 28.9 Å². The summed E-state index contributed by atoms with van der Waals surface area (Å²) in [6.45, 7) is 3.97. The Morgan fingerprint density at radius 3 is 2.38 bits per heavy atom. The van der Waals surface area contributed by atoms with Crippen LogP contribution in [0.5, 0.6) is 0 Å². The minimum absolute atomic E-state index is 0.182. The minimum Gasteiger partial charge on any atom is -0.334 e. The number of hydrogen-bond donors (Lipinski definition) is 2. The SMILES string of the molecule is Cc1cccc(Nc2nncc(Nc3c(F)cccc3F)n2)c1C. The molecule has 3 rings (SSSR count). The van der Waals surface area contributed by atoms with Crippen molar-refractivity contribution in [2.75, 3.05) is 10.6 Å². The zero-order valence-corrected chi connectivity index (χ0v) is 13.1. The molecule has 3 aromatic rings. The van der Waals surface area contributed by atoms with E-state index in [2.05, 4.69) is 25.8 Å². The summed E-state index contributed by atoms with van der Waals surface area (Å²) >= 11 is 0. The number of aryl methyl sites for hydroxylation is 1. The van der Waals surface area contributed by atoms with E-state index in [1.807, 2.05) is 32.0 Å². The summed E-state index contributed by atoms with van der Waals surface area (Å²) in [4.78, 5) is 4.19. The van der Waals surface area contributed by atoms with E-state index in [0.29, 0.717) is 0 Å². The van der Waals surface area contributed by atoms with Crippen molar-refractivity contribution in [2.24, 2.45) is 0 Å². The molecule has 0 spiro atoms. The van der Waals surface area contributed by atoms with Gasteiger partial charge in [0.05, 0.1) is 6.20 Å². The highest BCUT2D eigenvalue weighted by Crippen LogP contribution is 2.24. The van der Waals surface area contributed by atoms with Gasteiger partial charge in [0.2, 0.25) is 5.95 Å². The van der Waals surface area contributed by atoms with E-state index in [4.69, 9.17) is 0 Å². The highest BCUT2D eigenvalue weighted by atomic mass is 19.1. The molecule has 2 aromatic carbocycles. The predicted octanol–water partition coefficient (Wildman–Crippen LogP) is 4.25. The molecule has 0 atom stereocenters. The zero-order valence-electron chi connectivity index (χ0n) is 13.1. The van der Waals surface area contributed by atoms with E-state index in [-0.39, 0.29) is 17.5 Å². The van der Waals surface area contributed by atoms with Gasteiger partial charge >= 0.3 is 0 Å². The zero-order chi connectivity index (χ0) is 17.1. The summed E-state index contributed by atoms with van der Waals surface area (Å²) in [6, 6.07) is 9.42. The van der Waals surface area contributed by atoms with Gasteiger partial charge in [0.1, 0.15) is 17.3 Å². The van der Waals surface area contributed by atoms with Gasteiger partial charge in [-0.1, -0.05) is 18.2 Å². The molecular weight excluding hydrogens is 312 g/mol. The highest BCUT2D eigenvalue weighted by molar-refractivity contribution is 5.62. The molecule has 7 heteroatoms. The monoisotopic (exact) mass is 327 g/mol. The molecule has 24 heavy (non-hydrogen) atoms. The number of para-hydroxylation sites is 1. The van der Waals surface area contributed by atoms with Crippen molar-refractivity contribution < 1.29 is 8.78 Å². The molecule has 0 radical (unpaired) electrons. The summed E-state index contributed by atoms with van der Waals surface area (Å²) in [7, 11) is 0. The quantitative estimate of drug-likeness (QED) is 0.750. The first-order valence-corrected chi connectivity index (χ1v) is 7.28. The number of aromatic nitrogens is 3. The second-order valence-corrected chi connectivity index (χ2v) is 5.26. The van der Waals surface area contributed by atoms with Gasteiger partial charge < -0.3 is 10.6 Å². The lowest BCUT2D eigenvalue weighted by atomic mass is 10.1. The molecule has 0 aliphatic carbocycles. The summed E-state index contributed by atoms with van der Waals surface area (Å²) in [5.41, 5.74) is 2.73. The third-order valence-electron chi connectivity index (χ3n) is 3.63. The highest BCUT2D eigenvalue weighted by Gasteiger charge is 2.10. The Labute approximate surface area is 137 Å². The van der Waals surface area contributed by atoms with Gasteiger partial charge in [-0.25, -0.2) is 8.78 Å². The number of anilines is 4. The molecule has 122 valence electrons. The van der Waals surface area contributed by atoms with Crippen LogP contribution in [0.4, 0.5) is 31.9 Å². The number of nitrogens with zero attached hydrogens (tertiary/aromatic N) is 3. The number of halogens is 2. The summed E-state index contributed by atoms with van der Waals surface area (Å²) in [5.74, 6) is -1.01. The maximum atomic E-state index is 13.7. The van der Waals surface area contributed by atoms with E-state index in [1.54, 1.807) is 0 Å². The maximum absolute atomic E-state index is 13.7. The molecule has 0 aliphatic heterocycles. The Balaban J connectivity index is 1.86. The first-order chi connectivity index (χ1) is 11.5. The van der Waals surface area contributed by atoms with Gasteiger partial charge in [-0.3, -0.25) is 0 Å². The van der Waals surface area contributed by atoms with Crippen LogP contribution in [0.2, 0.25) is 0 Å². The van der Waals surface area contributed by atoms with E-state index in [1.165, 1.54) is 12.3 Å². The van der Waals surface area contributed by atoms with Crippen molar-refractivity contribution in [2.45, 2.75) is 13.8 Å².